The van der Waals surface area contributed by atoms with E-state index in [9.17, 15) is 13.6 Å². The van der Waals surface area contributed by atoms with E-state index in [2.05, 4.69) is 22.7 Å². The van der Waals surface area contributed by atoms with E-state index in [0.717, 1.165) is 18.3 Å². The first-order valence-electron chi connectivity index (χ1n) is 8.83. The van der Waals surface area contributed by atoms with Crippen molar-refractivity contribution in [3.63, 3.8) is 0 Å². The molecule has 158 valence electrons. The van der Waals surface area contributed by atoms with Crippen LogP contribution in [0.2, 0.25) is 10.0 Å². The van der Waals surface area contributed by atoms with Crippen molar-refractivity contribution in [2.45, 2.75) is 0 Å². The summed E-state index contributed by atoms with van der Waals surface area (Å²) in [5, 5.41) is 4.08. The Labute approximate surface area is 187 Å². The number of piperazine rings is 1. The van der Waals surface area contributed by atoms with Gasteiger partial charge in [-0.25, -0.2) is 8.78 Å². The van der Waals surface area contributed by atoms with Crippen molar-refractivity contribution in [3.05, 3.63) is 63.1 Å². The lowest BCUT2D eigenvalue weighted by atomic mass is 10.1. The van der Waals surface area contributed by atoms with Gasteiger partial charge < -0.3 is 15.5 Å². The molecule has 3 N–H and O–H groups in total. The lowest BCUT2D eigenvalue weighted by molar-refractivity contribution is 0.0747. The number of hydrazone groups is 1. The molecule has 0 unspecified atom stereocenters. The van der Waals surface area contributed by atoms with E-state index < -0.39 is 11.6 Å². The van der Waals surface area contributed by atoms with Crippen LogP contribution in [0.4, 0.5) is 14.5 Å². The van der Waals surface area contributed by atoms with Crippen LogP contribution < -0.4 is 16.1 Å². The highest BCUT2D eigenvalue weighted by Crippen LogP contribution is 2.28. The highest BCUT2D eigenvalue weighted by atomic mass is 35.5. The van der Waals surface area contributed by atoms with Crippen molar-refractivity contribution in [1.82, 2.24) is 10.3 Å². The number of benzene rings is 2. The zero-order valence-electron chi connectivity index (χ0n) is 15.5. The molecule has 2 aromatic rings. The van der Waals surface area contributed by atoms with Gasteiger partial charge in [-0.3, -0.25) is 10.2 Å². The van der Waals surface area contributed by atoms with Gasteiger partial charge in [-0.15, -0.1) is 0 Å². The van der Waals surface area contributed by atoms with Crippen LogP contribution in [0, 0.1) is 11.6 Å². The predicted octanol–water partition coefficient (Wildman–Crippen LogP) is 3.40. The normalized spacial score (nSPS) is 14.3. The molecule has 3 rings (SSSR count). The molecule has 0 radical (unpaired) electrons. The Kier molecular flexibility index (Phi) is 7.06. The van der Waals surface area contributed by atoms with E-state index in [1.54, 1.807) is 28.0 Å². The minimum Gasteiger partial charge on any atom is -0.375 e. The molecule has 1 heterocycles. The van der Waals surface area contributed by atoms with E-state index in [-0.39, 0.29) is 37.9 Å². The Balaban J connectivity index is 1.70. The quantitative estimate of drug-likeness (QED) is 0.406. The Morgan fingerprint density at radius 3 is 2.37 bits per heavy atom. The third-order valence-electron chi connectivity index (χ3n) is 4.53. The topological polar surface area (TPSA) is 74.0 Å². The summed E-state index contributed by atoms with van der Waals surface area (Å²) in [6.07, 6.45) is 1.09. The first-order valence-corrected chi connectivity index (χ1v) is 10.00. The van der Waals surface area contributed by atoms with Crippen molar-refractivity contribution < 1.29 is 13.6 Å². The molecule has 30 heavy (non-hydrogen) atoms. The summed E-state index contributed by atoms with van der Waals surface area (Å²) in [4.78, 5) is 16.0. The van der Waals surface area contributed by atoms with Crippen molar-refractivity contribution in [1.29, 1.82) is 0 Å². The second kappa shape index (κ2) is 9.55. The number of thiocarbonyl (C=S) groups is 1. The Morgan fingerprint density at radius 1 is 1.13 bits per heavy atom. The number of halogens is 4. The lowest BCUT2D eigenvalue weighted by Crippen LogP contribution is -2.49. The summed E-state index contributed by atoms with van der Waals surface area (Å²) in [6, 6.07) is 6.98. The molecule has 11 heteroatoms. The van der Waals surface area contributed by atoms with Crippen molar-refractivity contribution >= 4 is 58.3 Å². The number of nitrogens with zero attached hydrogens (tertiary/aromatic N) is 3. The van der Waals surface area contributed by atoms with Gasteiger partial charge in [0.15, 0.2) is 5.11 Å². The maximum absolute atomic E-state index is 14.6. The van der Waals surface area contributed by atoms with Crippen LogP contribution in [-0.2, 0) is 0 Å². The Bertz CT molecular complexity index is 992. The summed E-state index contributed by atoms with van der Waals surface area (Å²) in [6.45, 7) is 1.26. The number of hydrogen-bond donors (Lipinski definition) is 2. The second-order valence-corrected chi connectivity index (χ2v) is 7.69. The monoisotopic (exact) mass is 471 g/mol. The van der Waals surface area contributed by atoms with Gasteiger partial charge in [0, 0.05) is 37.8 Å². The highest BCUT2D eigenvalue weighted by Gasteiger charge is 2.26. The van der Waals surface area contributed by atoms with E-state index in [1.807, 2.05) is 0 Å². The van der Waals surface area contributed by atoms with E-state index in [0.29, 0.717) is 26.2 Å². The Morgan fingerprint density at radius 2 is 1.77 bits per heavy atom. The number of anilines is 1. The van der Waals surface area contributed by atoms with Gasteiger partial charge in [-0.2, -0.15) is 5.10 Å². The van der Waals surface area contributed by atoms with Crippen molar-refractivity contribution in [2.75, 3.05) is 31.1 Å². The van der Waals surface area contributed by atoms with Crippen LogP contribution in [-0.4, -0.2) is 48.3 Å². The molecule has 2 aromatic carbocycles. The smallest absolute Gasteiger partial charge is 0.257 e. The number of carbonyl (C=O) groups is 1. The fraction of sp³-hybridized carbons (Fsp3) is 0.211. The first kappa shape index (κ1) is 22.2. The van der Waals surface area contributed by atoms with Gasteiger partial charge in [0.2, 0.25) is 0 Å². The van der Waals surface area contributed by atoms with Crippen LogP contribution in [0.25, 0.3) is 0 Å². The van der Waals surface area contributed by atoms with Gasteiger partial charge >= 0.3 is 0 Å². The zero-order valence-corrected chi connectivity index (χ0v) is 17.9. The molecular weight excluding hydrogens is 455 g/mol. The largest absolute Gasteiger partial charge is 0.375 e. The van der Waals surface area contributed by atoms with Gasteiger partial charge in [-0.05, 0) is 30.4 Å². The molecule has 0 aromatic heterocycles. The molecule has 1 saturated heterocycles. The lowest BCUT2D eigenvalue weighted by Gasteiger charge is -2.36. The molecule has 1 aliphatic heterocycles. The van der Waals surface area contributed by atoms with Crippen LogP contribution in [0.5, 0.6) is 0 Å². The Hall–Kier alpha value is -2.49. The zero-order chi connectivity index (χ0) is 21.8. The summed E-state index contributed by atoms with van der Waals surface area (Å²) in [5.41, 5.74) is 7.79. The molecule has 1 amide bonds. The minimum absolute atomic E-state index is 0.0535. The van der Waals surface area contributed by atoms with Gasteiger partial charge in [-0.1, -0.05) is 29.3 Å². The molecule has 6 nitrogen and oxygen atoms in total. The van der Waals surface area contributed by atoms with E-state index in [1.165, 1.54) is 0 Å². The van der Waals surface area contributed by atoms with Crippen molar-refractivity contribution in [3.8, 4) is 0 Å². The predicted molar refractivity (Wildman–Crippen MR) is 118 cm³/mol. The minimum atomic E-state index is -0.652. The number of hydrogen-bond acceptors (Lipinski definition) is 4. The fourth-order valence-electron chi connectivity index (χ4n) is 3.07. The number of nitrogens with one attached hydrogen (secondary N) is 1. The molecule has 0 saturated carbocycles. The maximum atomic E-state index is 14.6. The van der Waals surface area contributed by atoms with Crippen LogP contribution in [0.3, 0.4) is 0 Å². The maximum Gasteiger partial charge on any atom is 0.257 e. The SMILES string of the molecule is NC(=S)NN=Cc1cc(F)c(N2CCN(C(=O)c3c(Cl)cccc3Cl)CC2)cc1F. The number of nitrogens with two attached hydrogens (primary N) is 1. The van der Waals surface area contributed by atoms with Gasteiger partial charge in [0.1, 0.15) is 11.6 Å². The molecule has 0 atom stereocenters. The summed E-state index contributed by atoms with van der Waals surface area (Å²) >= 11 is 16.8. The second-order valence-electron chi connectivity index (χ2n) is 6.44. The third-order valence-corrected chi connectivity index (χ3v) is 5.25. The van der Waals surface area contributed by atoms with E-state index in [4.69, 9.17) is 28.9 Å². The average Bonchev–Trinajstić information content (AvgIpc) is 2.70. The van der Waals surface area contributed by atoms with Crippen LogP contribution in [0.1, 0.15) is 15.9 Å². The van der Waals surface area contributed by atoms with E-state index >= 15 is 0 Å². The number of carbonyl (C=O) groups excluding carboxylic acids is 1. The summed E-state index contributed by atoms with van der Waals surface area (Å²) in [7, 11) is 0. The van der Waals surface area contributed by atoms with Crippen LogP contribution >= 0.6 is 35.4 Å². The molecule has 1 aliphatic rings. The molecule has 0 bridgehead atoms. The fourth-order valence-corrected chi connectivity index (χ4v) is 3.68. The molecule has 0 spiro atoms. The number of rotatable bonds is 4. The standard InChI is InChI=1S/C19H17Cl2F2N5OS/c20-12-2-1-3-13(21)17(12)18(29)28-6-4-27(5-7-28)16-9-14(22)11(8-15(16)23)10-25-26-19(24)30/h1-3,8-10H,4-7H2,(H3,24,26,30). The molecule has 1 fully saturated rings. The molecule has 0 aliphatic carbocycles. The summed E-state index contributed by atoms with van der Waals surface area (Å²) < 4.78 is 28.9. The van der Waals surface area contributed by atoms with Crippen molar-refractivity contribution in [2.24, 2.45) is 10.8 Å². The van der Waals surface area contributed by atoms with Crippen LogP contribution in [0.15, 0.2) is 35.4 Å². The number of amides is 1. The van der Waals surface area contributed by atoms with Gasteiger partial charge in [0.25, 0.3) is 5.91 Å². The first-order chi connectivity index (χ1) is 14.3. The molecular formula is C19H17Cl2F2N5OS. The van der Waals surface area contributed by atoms with Gasteiger partial charge in [0.05, 0.1) is 27.5 Å². The summed E-state index contributed by atoms with van der Waals surface area (Å²) in [5.74, 6) is -1.56. The average molecular weight is 472 g/mol. The highest BCUT2D eigenvalue weighted by molar-refractivity contribution is 7.80. The third kappa shape index (κ3) is 4.97.